The van der Waals surface area contributed by atoms with Crippen molar-refractivity contribution >= 4 is 23.9 Å². The Morgan fingerprint density at radius 2 is 2.06 bits per heavy atom. The van der Waals surface area contributed by atoms with Crippen molar-refractivity contribution in [1.82, 2.24) is 0 Å². The molecule has 0 unspecified atom stereocenters. The van der Waals surface area contributed by atoms with E-state index in [9.17, 15) is 29.7 Å². The summed E-state index contributed by atoms with van der Waals surface area (Å²) in [7, 11) is 0. The molecule has 0 bridgehead atoms. The van der Waals surface area contributed by atoms with Gasteiger partial charge in [0.1, 0.15) is 18.1 Å². The Bertz CT molecular complexity index is 814. The molecule has 0 aliphatic carbocycles. The maximum Gasteiger partial charge on any atom is 0.333 e. The van der Waals surface area contributed by atoms with E-state index in [4.69, 9.17) is 19.9 Å². The van der Waals surface area contributed by atoms with Gasteiger partial charge in [0.05, 0.1) is 25.0 Å². The molecule has 0 spiro atoms. The van der Waals surface area contributed by atoms with Gasteiger partial charge in [-0.2, -0.15) is 0 Å². The van der Waals surface area contributed by atoms with Gasteiger partial charge in [-0.25, -0.2) is 4.79 Å². The van der Waals surface area contributed by atoms with Crippen LogP contribution in [0.5, 0.6) is 5.75 Å². The van der Waals surface area contributed by atoms with Crippen molar-refractivity contribution in [2.24, 2.45) is 11.1 Å². The van der Waals surface area contributed by atoms with Crippen LogP contribution in [-0.4, -0.2) is 71.2 Å². The first-order valence-electron chi connectivity index (χ1n) is 10.1. The van der Waals surface area contributed by atoms with Crippen LogP contribution in [0.25, 0.3) is 0 Å². The Hall–Kier alpha value is -2.57. The summed E-state index contributed by atoms with van der Waals surface area (Å²) in [6.45, 7) is 3.95. The van der Waals surface area contributed by atoms with Gasteiger partial charge in [-0.05, 0) is 17.7 Å². The second-order valence-electron chi connectivity index (χ2n) is 8.26. The first kappa shape index (κ1) is 25.7. The van der Waals surface area contributed by atoms with E-state index in [2.05, 4.69) is 5.32 Å². The van der Waals surface area contributed by atoms with Crippen LogP contribution in [0.15, 0.2) is 18.2 Å². The van der Waals surface area contributed by atoms with Crippen LogP contribution in [0.1, 0.15) is 32.3 Å². The molecule has 0 radical (unpaired) electrons. The number of rotatable bonds is 11. The van der Waals surface area contributed by atoms with E-state index in [1.165, 1.54) is 6.07 Å². The number of anilines is 1. The van der Waals surface area contributed by atoms with E-state index in [-0.39, 0.29) is 49.9 Å². The van der Waals surface area contributed by atoms with E-state index >= 15 is 0 Å². The zero-order chi connectivity index (χ0) is 23.9. The number of benzene rings is 1. The highest BCUT2D eigenvalue weighted by atomic mass is 16.7. The Morgan fingerprint density at radius 1 is 1.34 bits per heavy atom. The predicted molar refractivity (Wildman–Crippen MR) is 112 cm³/mol. The molecule has 0 aromatic heterocycles. The molecule has 1 fully saturated rings. The van der Waals surface area contributed by atoms with Gasteiger partial charge in [0.2, 0.25) is 12.2 Å². The van der Waals surface area contributed by atoms with Crippen LogP contribution < -0.4 is 15.8 Å². The number of nitrogens with two attached hydrogens (primary N) is 1. The molecule has 1 aromatic carbocycles. The minimum absolute atomic E-state index is 0.0516. The van der Waals surface area contributed by atoms with Crippen molar-refractivity contribution in [2.75, 3.05) is 18.5 Å². The molecule has 1 amide bonds. The highest BCUT2D eigenvalue weighted by molar-refractivity contribution is 5.92. The van der Waals surface area contributed by atoms with Gasteiger partial charge in [0, 0.05) is 24.8 Å². The topological polar surface area (TPSA) is 178 Å². The Kier molecular flexibility index (Phi) is 9.10. The fourth-order valence-electron chi connectivity index (χ4n) is 2.90. The smallest absolute Gasteiger partial charge is 0.333 e. The molecule has 1 saturated heterocycles. The van der Waals surface area contributed by atoms with Crippen LogP contribution in [0.2, 0.25) is 0 Å². The van der Waals surface area contributed by atoms with Gasteiger partial charge >= 0.3 is 5.97 Å². The highest BCUT2D eigenvalue weighted by Gasteiger charge is 2.41. The largest absolute Gasteiger partial charge is 0.479 e. The van der Waals surface area contributed by atoms with Gasteiger partial charge in [-0.15, -0.1) is 0 Å². The first-order valence-corrected chi connectivity index (χ1v) is 10.1. The summed E-state index contributed by atoms with van der Waals surface area (Å²) in [5, 5.41) is 32.0. The number of aliphatic hydroxyl groups is 2. The molecule has 0 saturated carbocycles. The van der Waals surface area contributed by atoms with Gasteiger partial charge in [0.15, 0.2) is 6.10 Å². The lowest BCUT2D eigenvalue weighted by Crippen LogP contribution is -2.52. The Labute approximate surface area is 185 Å². The monoisotopic (exact) mass is 454 g/mol. The number of aldehydes is 1. The number of nitrogens with one attached hydrogen (secondary N) is 1. The second kappa shape index (κ2) is 11.3. The highest BCUT2D eigenvalue weighted by Crippen LogP contribution is 2.31. The summed E-state index contributed by atoms with van der Waals surface area (Å²) < 4.78 is 16.5. The van der Waals surface area contributed by atoms with E-state index in [1.807, 2.05) is 0 Å². The number of amides is 1. The lowest BCUT2D eigenvalue weighted by Gasteiger charge is -2.35. The molecule has 11 nitrogen and oxygen atoms in total. The molecule has 11 heteroatoms. The van der Waals surface area contributed by atoms with Crippen LogP contribution in [0.3, 0.4) is 0 Å². The number of carboxylic acid groups (broad SMARTS) is 1. The SMILES string of the molecule is CC(C)(C=O)COCc1ccc(O[C@H]2O[C@H](C(=O)O)C[C@H](O)[C@H]2O)c(NC(=O)CCN)c1. The zero-order valence-electron chi connectivity index (χ0n) is 18.0. The summed E-state index contributed by atoms with van der Waals surface area (Å²) in [5.74, 6) is -1.59. The maximum atomic E-state index is 12.1. The predicted octanol–water partition coefficient (Wildman–Crippen LogP) is 0.0158. The number of aliphatic hydroxyl groups excluding tert-OH is 2. The minimum Gasteiger partial charge on any atom is -0.479 e. The Morgan fingerprint density at radius 3 is 2.69 bits per heavy atom. The number of hydrogen-bond donors (Lipinski definition) is 5. The summed E-state index contributed by atoms with van der Waals surface area (Å²) in [6.07, 6.45) is -5.12. The third-order valence-electron chi connectivity index (χ3n) is 4.70. The fraction of sp³-hybridized carbons (Fsp3) is 0.571. The zero-order valence-corrected chi connectivity index (χ0v) is 18.0. The van der Waals surface area contributed by atoms with E-state index in [0.717, 1.165) is 6.29 Å². The van der Waals surface area contributed by atoms with Crippen molar-refractivity contribution in [2.45, 2.75) is 57.9 Å². The molecular weight excluding hydrogens is 424 g/mol. The summed E-state index contributed by atoms with van der Waals surface area (Å²) in [6, 6.07) is 4.72. The molecule has 1 heterocycles. The standard InChI is InChI=1S/C21H30N2O9/c1-21(2,10-24)11-30-9-12-3-4-15(13(7-12)23-17(26)5-6-22)31-20-18(27)14(25)8-16(32-20)19(28)29/h3-4,7,10,14,16,18,20,25,27H,5-6,8-9,11,22H2,1-2H3,(H,23,26)(H,28,29)/t14-,16-,18+,20-/m0/s1. The molecular formula is C21H30N2O9. The van der Waals surface area contributed by atoms with Crippen molar-refractivity contribution in [3.05, 3.63) is 23.8 Å². The van der Waals surface area contributed by atoms with E-state index < -0.39 is 36.0 Å². The van der Waals surface area contributed by atoms with Gasteiger partial charge in [0.25, 0.3) is 0 Å². The van der Waals surface area contributed by atoms with Gasteiger partial charge < -0.3 is 45.4 Å². The third-order valence-corrected chi connectivity index (χ3v) is 4.70. The normalized spacial score (nSPS) is 23.4. The molecule has 32 heavy (non-hydrogen) atoms. The minimum atomic E-state index is -1.49. The summed E-state index contributed by atoms with van der Waals surface area (Å²) in [5.41, 5.74) is 5.67. The average molecular weight is 454 g/mol. The maximum absolute atomic E-state index is 12.1. The average Bonchev–Trinajstić information content (AvgIpc) is 2.72. The van der Waals surface area contributed by atoms with Crippen molar-refractivity contribution in [3.63, 3.8) is 0 Å². The van der Waals surface area contributed by atoms with Crippen molar-refractivity contribution in [1.29, 1.82) is 0 Å². The molecule has 6 N–H and O–H groups in total. The lowest BCUT2D eigenvalue weighted by molar-refractivity contribution is -0.238. The summed E-state index contributed by atoms with van der Waals surface area (Å²) >= 11 is 0. The first-order chi connectivity index (χ1) is 15.1. The Balaban J connectivity index is 2.21. The third kappa shape index (κ3) is 7.24. The van der Waals surface area contributed by atoms with Gasteiger partial charge in [-0.3, -0.25) is 4.79 Å². The van der Waals surface area contributed by atoms with Crippen molar-refractivity contribution in [3.8, 4) is 5.75 Å². The van der Waals surface area contributed by atoms with E-state index in [0.29, 0.717) is 5.56 Å². The summed E-state index contributed by atoms with van der Waals surface area (Å²) in [4.78, 5) is 34.4. The number of carboxylic acids is 1. The fourth-order valence-corrected chi connectivity index (χ4v) is 2.90. The number of hydrogen-bond acceptors (Lipinski definition) is 9. The lowest BCUT2D eigenvalue weighted by atomic mass is 9.98. The number of carbonyl (C=O) groups excluding carboxylic acids is 2. The number of aliphatic carboxylic acids is 1. The molecule has 1 aliphatic heterocycles. The molecule has 1 aliphatic rings. The van der Waals surface area contributed by atoms with Crippen LogP contribution in [0.4, 0.5) is 5.69 Å². The molecule has 2 rings (SSSR count). The quantitative estimate of drug-likeness (QED) is 0.286. The molecule has 4 atom stereocenters. The van der Waals surface area contributed by atoms with E-state index in [1.54, 1.807) is 26.0 Å². The molecule has 1 aromatic rings. The number of ether oxygens (including phenoxy) is 3. The number of carbonyl (C=O) groups is 3. The second-order valence-corrected chi connectivity index (χ2v) is 8.26. The van der Waals surface area contributed by atoms with Crippen LogP contribution >= 0.6 is 0 Å². The van der Waals surface area contributed by atoms with Crippen LogP contribution in [-0.2, 0) is 30.5 Å². The van der Waals surface area contributed by atoms with Crippen molar-refractivity contribution < 1.29 is 43.9 Å². The van der Waals surface area contributed by atoms with Crippen LogP contribution in [0, 0.1) is 5.41 Å². The molecule has 178 valence electrons. The van der Waals surface area contributed by atoms with Gasteiger partial charge in [-0.1, -0.05) is 19.9 Å².